The van der Waals surface area contributed by atoms with Crippen molar-refractivity contribution in [2.45, 2.75) is 83.5 Å². The number of benzene rings is 2. The van der Waals surface area contributed by atoms with E-state index >= 15 is 0 Å². The number of nitrogens with zero attached hydrogens (tertiary/aromatic N) is 5. The van der Waals surface area contributed by atoms with Crippen LogP contribution in [0, 0.1) is 0 Å². The number of Topliss-reactive ketones (excluding diaryl/α,β-unsaturated/α-hetero) is 1. The highest BCUT2D eigenvalue weighted by Gasteiger charge is 2.26. The van der Waals surface area contributed by atoms with Crippen LogP contribution in [0.4, 0.5) is 4.79 Å². The van der Waals surface area contributed by atoms with Gasteiger partial charge in [0.15, 0.2) is 0 Å². The third-order valence-electron chi connectivity index (χ3n) is 12.0. The van der Waals surface area contributed by atoms with E-state index in [1.54, 1.807) is 43.9 Å². The van der Waals surface area contributed by atoms with Gasteiger partial charge in [0.25, 0.3) is 5.91 Å². The Morgan fingerprint density at radius 3 is 1.50 bits per heavy atom. The molecule has 0 spiro atoms. The second-order valence-corrected chi connectivity index (χ2v) is 19.0. The number of hydrogen-bond acceptors (Lipinski definition) is 14. The summed E-state index contributed by atoms with van der Waals surface area (Å²) >= 11 is 3.41. The number of rotatable bonds is 30. The first-order valence-electron chi connectivity index (χ1n) is 24.4. The van der Waals surface area contributed by atoms with Gasteiger partial charge in [-0.15, -0.1) is 0 Å². The highest BCUT2D eigenvalue weighted by molar-refractivity contribution is 9.10. The van der Waals surface area contributed by atoms with Gasteiger partial charge in [0.05, 0.1) is 26.2 Å². The lowest BCUT2D eigenvalue weighted by Crippen LogP contribution is -2.51. The zero-order chi connectivity index (χ0) is 54.6. The van der Waals surface area contributed by atoms with E-state index in [9.17, 15) is 73.5 Å². The summed E-state index contributed by atoms with van der Waals surface area (Å²) in [6.07, 6.45) is 1.59. The van der Waals surface area contributed by atoms with Gasteiger partial charge >= 0.3 is 35.9 Å². The summed E-state index contributed by atoms with van der Waals surface area (Å²) in [6, 6.07) is 10.5. The van der Waals surface area contributed by atoms with Crippen molar-refractivity contribution in [3.8, 4) is 0 Å². The van der Waals surface area contributed by atoms with Gasteiger partial charge in [-0.3, -0.25) is 48.4 Å². The third-order valence-corrected chi connectivity index (χ3v) is 12.5. The summed E-state index contributed by atoms with van der Waals surface area (Å²) in [5.41, 5.74) is 1.97. The van der Waals surface area contributed by atoms with E-state index in [1.807, 2.05) is 29.2 Å². The SMILES string of the molecule is CC(=O)CC[C@@H](NC(=O)N[C@H](CCCCN(Cc1ccc(Br)cc1)C(=O)c1ccc(CNC(=O)CCCCNC(=O)CN2CCN(CC(=O)O)CCN(CC(=O)O)CCN(CC(=O)O)CC2)cc1)C(=O)O)C(=O)O. The minimum atomic E-state index is -1.38. The molecule has 74 heavy (non-hydrogen) atoms. The number of carboxylic acid groups (broad SMARTS) is 5. The number of urea groups is 1. The molecule has 25 heteroatoms. The number of aliphatic carboxylic acids is 5. The lowest BCUT2D eigenvalue weighted by atomic mass is 10.1. The number of nitrogens with one attached hydrogen (secondary N) is 4. The maximum Gasteiger partial charge on any atom is 0.326 e. The quantitative estimate of drug-likeness (QED) is 0.0497. The highest BCUT2D eigenvalue weighted by atomic mass is 79.9. The number of hydrogen-bond donors (Lipinski definition) is 9. The lowest BCUT2D eigenvalue weighted by molar-refractivity contribution is -0.140. The molecule has 1 fully saturated rings. The molecule has 0 radical (unpaired) electrons. The smallest absolute Gasteiger partial charge is 0.326 e. The predicted molar refractivity (Wildman–Crippen MR) is 271 cm³/mol. The molecule has 0 aliphatic carbocycles. The number of carboxylic acids is 5. The summed E-state index contributed by atoms with van der Waals surface area (Å²) in [5.74, 6) is -6.89. The number of unbranched alkanes of at least 4 members (excludes halogenated alkanes) is 2. The van der Waals surface area contributed by atoms with Crippen molar-refractivity contribution in [1.82, 2.24) is 45.8 Å². The van der Waals surface area contributed by atoms with Crippen LogP contribution in [0.3, 0.4) is 0 Å². The number of carbonyl (C=O) groups excluding carboxylic acids is 5. The van der Waals surface area contributed by atoms with Gasteiger partial charge in [0, 0.05) is 101 Å². The van der Waals surface area contributed by atoms with E-state index in [4.69, 9.17) is 0 Å². The molecule has 0 unspecified atom stereocenters. The first kappa shape index (κ1) is 61.8. The van der Waals surface area contributed by atoms with Crippen molar-refractivity contribution >= 4 is 75.3 Å². The average molecular weight is 1110 g/mol. The second kappa shape index (κ2) is 33.3. The molecule has 1 heterocycles. The molecular formula is C49H70BrN9O15. The Morgan fingerprint density at radius 1 is 0.554 bits per heavy atom. The summed E-state index contributed by atoms with van der Waals surface area (Å²) < 4.78 is 0.853. The highest BCUT2D eigenvalue weighted by Crippen LogP contribution is 2.17. The van der Waals surface area contributed by atoms with Crippen LogP contribution >= 0.6 is 15.9 Å². The Balaban J connectivity index is 1.48. The van der Waals surface area contributed by atoms with Crippen LogP contribution in [0.25, 0.3) is 0 Å². The molecule has 0 saturated carbocycles. The Kier molecular flexibility index (Phi) is 27.8. The van der Waals surface area contributed by atoms with E-state index in [1.165, 1.54) is 6.92 Å². The second-order valence-electron chi connectivity index (χ2n) is 18.1. The van der Waals surface area contributed by atoms with Crippen molar-refractivity contribution in [2.24, 2.45) is 0 Å². The molecule has 3 rings (SSSR count). The van der Waals surface area contributed by atoms with Gasteiger partial charge in [0.2, 0.25) is 11.8 Å². The number of halogens is 1. The Morgan fingerprint density at radius 2 is 1.03 bits per heavy atom. The van der Waals surface area contributed by atoms with Gasteiger partial charge in [-0.2, -0.15) is 0 Å². The Bertz CT molecular complexity index is 2170. The third kappa shape index (κ3) is 25.9. The van der Waals surface area contributed by atoms with E-state index < -0.39 is 48.0 Å². The molecule has 1 saturated heterocycles. The molecule has 408 valence electrons. The van der Waals surface area contributed by atoms with Crippen LogP contribution in [0.1, 0.15) is 79.8 Å². The van der Waals surface area contributed by atoms with Gasteiger partial charge in [-0.25, -0.2) is 14.4 Å². The topological polar surface area (TPSA) is 336 Å². The molecular weight excluding hydrogens is 1030 g/mol. The number of ketones is 1. The Labute approximate surface area is 437 Å². The molecule has 1 aliphatic rings. The molecule has 2 aromatic rings. The molecule has 2 aromatic carbocycles. The lowest BCUT2D eigenvalue weighted by Gasteiger charge is -2.32. The predicted octanol–water partition coefficient (Wildman–Crippen LogP) is 1.21. The maximum atomic E-state index is 13.9. The van der Waals surface area contributed by atoms with Crippen LogP contribution < -0.4 is 21.3 Å². The van der Waals surface area contributed by atoms with Crippen molar-refractivity contribution in [2.75, 3.05) is 91.6 Å². The molecule has 0 bridgehead atoms. The minimum absolute atomic E-state index is 0.00982. The zero-order valence-corrected chi connectivity index (χ0v) is 43.3. The average Bonchev–Trinajstić information content (AvgIpc) is 3.33. The minimum Gasteiger partial charge on any atom is -0.480 e. The van der Waals surface area contributed by atoms with Gasteiger partial charge in [0.1, 0.15) is 17.9 Å². The van der Waals surface area contributed by atoms with E-state index in [0.717, 1.165) is 15.6 Å². The first-order chi connectivity index (χ1) is 35.2. The van der Waals surface area contributed by atoms with Crippen LogP contribution in [0.15, 0.2) is 53.0 Å². The van der Waals surface area contributed by atoms with Crippen molar-refractivity contribution in [3.63, 3.8) is 0 Å². The molecule has 5 amide bonds. The summed E-state index contributed by atoms with van der Waals surface area (Å²) in [7, 11) is 0. The summed E-state index contributed by atoms with van der Waals surface area (Å²) in [6.45, 7) is 3.63. The fourth-order valence-electron chi connectivity index (χ4n) is 7.85. The molecule has 0 aromatic heterocycles. The normalized spacial score (nSPS) is 15.0. The van der Waals surface area contributed by atoms with Gasteiger partial charge in [-0.1, -0.05) is 40.2 Å². The zero-order valence-electron chi connectivity index (χ0n) is 41.7. The largest absolute Gasteiger partial charge is 0.480 e. The molecule has 1 aliphatic heterocycles. The molecule has 2 atom stereocenters. The van der Waals surface area contributed by atoms with Crippen LogP contribution in [0.5, 0.6) is 0 Å². The van der Waals surface area contributed by atoms with E-state index in [0.29, 0.717) is 44.5 Å². The Hall–Kier alpha value is -6.54. The van der Waals surface area contributed by atoms with Crippen LogP contribution in [0.2, 0.25) is 0 Å². The van der Waals surface area contributed by atoms with Crippen molar-refractivity contribution in [1.29, 1.82) is 0 Å². The summed E-state index contributed by atoms with van der Waals surface area (Å²) in [4.78, 5) is 130. The summed E-state index contributed by atoms with van der Waals surface area (Å²) in [5, 5.41) is 57.7. The maximum absolute atomic E-state index is 13.9. The molecule has 9 N–H and O–H groups in total. The van der Waals surface area contributed by atoms with E-state index in [-0.39, 0.29) is 141 Å². The van der Waals surface area contributed by atoms with Gasteiger partial charge in [-0.05, 0) is 80.8 Å². The van der Waals surface area contributed by atoms with E-state index in [2.05, 4.69) is 37.2 Å². The fraction of sp³-hybridized carbons (Fsp3) is 0.551. The number of amides is 5. The fourth-order valence-corrected chi connectivity index (χ4v) is 8.12. The van der Waals surface area contributed by atoms with Gasteiger partial charge < -0.3 is 56.5 Å². The molecule has 24 nitrogen and oxygen atoms in total. The first-order valence-corrected chi connectivity index (χ1v) is 25.2. The monoisotopic (exact) mass is 1100 g/mol. The number of carbonyl (C=O) groups is 10. The van der Waals surface area contributed by atoms with Crippen LogP contribution in [-0.4, -0.2) is 213 Å². The van der Waals surface area contributed by atoms with Crippen LogP contribution in [-0.2, 0) is 51.4 Å². The van der Waals surface area contributed by atoms with Crippen molar-refractivity contribution in [3.05, 3.63) is 69.7 Å². The van der Waals surface area contributed by atoms with Crippen molar-refractivity contribution < 1.29 is 73.5 Å². The standard InChI is InChI=1S/C49H70BrN9O15/c1-34(60)8-17-40(48(72)73)54-49(74)53-39(47(70)71)6-3-5-19-59(29-36-11-15-38(50)16-12-36)46(69)37-13-9-35(10-14-37)28-52-41(61)7-2-4-18-51-42(62)30-55-20-22-56(31-43(63)64)24-26-58(33-45(67)68)27-25-57(23-21-55)32-44(65)66/h9-16,39-40H,2-8,17-33H2,1H3,(H,51,62)(H,52,61)(H,63,64)(H,65,66)(H,67,68)(H,70,71)(H,72,73)(H2,53,54,74)/t39-,40-/m1/s1.